The number of aromatic carboxylic acids is 1. The minimum atomic E-state index is -1.39. The number of para-hydroxylation sites is 2. The number of aliphatic hydroxyl groups is 1. The highest BCUT2D eigenvalue weighted by Crippen LogP contribution is 2.42. The van der Waals surface area contributed by atoms with E-state index in [4.69, 9.17) is 4.42 Å². The van der Waals surface area contributed by atoms with E-state index in [1.807, 2.05) is 31.2 Å². The number of nitrogens with one attached hydrogen (secondary N) is 2. The largest absolute Gasteiger partial charge is 0.504 e. The van der Waals surface area contributed by atoms with E-state index in [1.165, 1.54) is 6.20 Å². The Balaban J connectivity index is 1.64. The molecule has 0 saturated carbocycles. The molecule has 0 fully saturated rings. The van der Waals surface area contributed by atoms with Crippen LogP contribution in [-0.2, 0) is 6.42 Å². The molecule has 1 unspecified atom stereocenters. The van der Waals surface area contributed by atoms with Gasteiger partial charge in [0.25, 0.3) is 0 Å². The van der Waals surface area contributed by atoms with Gasteiger partial charge in [0, 0.05) is 46.4 Å². The van der Waals surface area contributed by atoms with Crippen molar-refractivity contribution in [1.29, 1.82) is 0 Å². The number of aromatic nitrogens is 2. The zero-order valence-electron chi connectivity index (χ0n) is 18.3. The molecule has 0 saturated heterocycles. The summed E-state index contributed by atoms with van der Waals surface area (Å²) in [6.07, 6.45) is 3.71. The fraction of sp³-hybridized carbons (Fsp3) is 0.154. The Labute approximate surface area is 193 Å². The number of carboxylic acids is 1. The summed E-state index contributed by atoms with van der Waals surface area (Å²) in [5, 5.41) is 31.5. The molecule has 3 aromatic heterocycles. The number of hydrogen-bond donors (Lipinski definition) is 5. The Morgan fingerprint density at radius 1 is 1.00 bits per heavy atom. The molecule has 0 spiro atoms. The molecule has 0 amide bonds. The Hall–Kier alpha value is -4.30. The zero-order chi connectivity index (χ0) is 24.0. The van der Waals surface area contributed by atoms with Crippen molar-refractivity contribution in [1.82, 2.24) is 9.97 Å². The van der Waals surface area contributed by atoms with Crippen LogP contribution in [0, 0.1) is 5.92 Å². The molecule has 5 N–H and O–H groups in total. The first-order valence-corrected chi connectivity index (χ1v) is 10.8. The number of H-pyrrole nitrogens is 2. The number of aromatic amines is 2. The van der Waals surface area contributed by atoms with Crippen molar-refractivity contribution in [2.24, 2.45) is 5.92 Å². The van der Waals surface area contributed by atoms with E-state index < -0.39 is 29.0 Å². The molecule has 34 heavy (non-hydrogen) atoms. The first kappa shape index (κ1) is 21.5. The highest BCUT2D eigenvalue weighted by atomic mass is 16.4. The van der Waals surface area contributed by atoms with Crippen molar-refractivity contribution in [2.45, 2.75) is 13.3 Å². The third kappa shape index (κ3) is 3.36. The normalized spacial score (nSPS) is 12.4. The van der Waals surface area contributed by atoms with E-state index in [0.29, 0.717) is 22.8 Å². The van der Waals surface area contributed by atoms with Crippen LogP contribution in [0.25, 0.3) is 32.9 Å². The standard InChI is InChI=1S/C26H22N2O6/c1-13(12-29)9-14-5-4-7-16-18(11-28-21(14)16)22(30)25-23(31)20(24(34-25)26(32)33)17-10-27-19-8-3-2-6-15(17)19/h2-8,10-11,13,27-29,31H,9,12H2,1H3,(H,32,33). The molecular formula is C26H22N2O6. The second-order valence-electron chi connectivity index (χ2n) is 8.40. The summed E-state index contributed by atoms with van der Waals surface area (Å²) >= 11 is 0. The second kappa shape index (κ2) is 8.24. The van der Waals surface area contributed by atoms with E-state index in [-0.39, 0.29) is 23.7 Å². The lowest BCUT2D eigenvalue weighted by molar-refractivity contribution is 0.0661. The monoisotopic (exact) mass is 458 g/mol. The van der Waals surface area contributed by atoms with Gasteiger partial charge in [-0.25, -0.2) is 4.79 Å². The van der Waals surface area contributed by atoms with E-state index in [0.717, 1.165) is 16.6 Å². The predicted molar refractivity (Wildman–Crippen MR) is 126 cm³/mol. The summed E-state index contributed by atoms with van der Waals surface area (Å²) in [5.74, 6) is -3.46. The molecule has 2 aromatic carbocycles. The quantitative estimate of drug-likeness (QED) is 0.224. The summed E-state index contributed by atoms with van der Waals surface area (Å²) in [6.45, 7) is 1.96. The van der Waals surface area contributed by atoms with Crippen molar-refractivity contribution in [3.63, 3.8) is 0 Å². The number of aromatic hydroxyl groups is 1. The SMILES string of the molecule is CC(CO)Cc1cccc2c(C(=O)c3oc(C(=O)O)c(-c4c[nH]c5ccccc45)c3O)c[nH]c12. The molecule has 0 radical (unpaired) electrons. The number of carboxylic acid groups (broad SMARTS) is 1. The maximum absolute atomic E-state index is 13.4. The summed E-state index contributed by atoms with van der Waals surface area (Å²) in [6, 6.07) is 12.7. The molecule has 172 valence electrons. The Morgan fingerprint density at radius 2 is 1.76 bits per heavy atom. The van der Waals surface area contributed by atoms with Gasteiger partial charge in [-0.1, -0.05) is 43.3 Å². The summed E-state index contributed by atoms with van der Waals surface area (Å²) in [5.41, 5.74) is 3.06. The molecule has 3 heterocycles. The number of furan rings is 1. The van der Waals surface area contributed by atoms with Gasteiger partial charge in [0.1, 0.15) is 0 Å². The van der Waals surface area contributed by atoms with Crippen LogP contribution < -0.4 is 0 Å². The minimum absolute atomic E-state index is 0.0394. The maximum Gasteiger partial charge on any atom is 0.372 e. The topological polar surface area (TPSA) is 140 Å². The molecule has 8 heteroatoms. The molecule has 0 aliphatic carbocycles. The van der Waals surface area contributed by atoms with Gasteiger partial charge in [-0.2, -0.15) is 0 Å². The van der Waals surface area contributed by atoms with Crippen LogP contribution in [0.5, 0.6) is 5.75 Å². The number of carbonyl (C=O) groups excluding carboxylic acids is 1. The average Bonchev–Trinajstić information content (AvgIpc) is 3.54. The van der Waals surface area contributed by atoms with Crippen LogP contribution in [-0.4, -0.2) is 43.6 Å². The number of ketones is 1. The molecule has 8 nitrogen and oxygen atoms in total. The van der Waals surface area contributed by atoms with Crippen molar-refractivity contribution in [3.8, 4) is 16.9 Å². The van der Waals surface area contributed by atoms with Crippen molar-refractivity contribution in [3.05, 3.63) is 77.5 Å². The second-order valence-corrected chi connectivity index (χ2v) is 8.40. The fourth-order valence-electron chi connectivity index (χ4n) is 4.39. The lowest BCUT2D eigenvalue weighted by Gasteiger charge is -2.08. The van der Waals surface area contributed by atoms with Gasteiger partial charge < -0.3 is 29.7 Å². The number of rotatable bonds is 7. The third-order valence-corrected chi connectivity index (χ3v) is 6.07. The lowest BCUT2D eigenvalue weighted by atomic mass is 9.98. The summed E-state index contributed by atoms with van der Waals surface area (Å²) in [7, 11) is 0. The van der Waals surface area contributed by atoms with Crippen molar-refractivity contribution < 1.29 is 29.3 Å². The van der Waals surface area contributed by atoms with Crippen LogP contribution in [0.1, 0.15) is 39.2 Å². The Kier molecular flexibility index (Phi) is 5.22. The lowest BCUT2D eigenvalue weighted by Crippen LogP contribution is -2.05. The molecule has 5 rings (SSSR count). The molecule has 0 aliphatic rings. The number of benzene rings is 2. The smallest absolute Gasteiger partial charge is 0.372 e. The first-order chi connectivity index (χ1) is 16.4. The maximum atomic E-state index is 13.4. The fourth-order valence-corrected chi connectivity index (χ4v) is 4.39. The highest BCUT2D eigenvalue weighted by molar-refractivity contribution is 6.18. The van der Waals surface area contributed by atoms with Gasteiger partial charge in [0.05, 0.1) is 11.1 Å². The van der Waals surface area contributed by atoms with Crippen molar-refractivity contribution in [2.75, 3.05) is 6.61 Å². The van der Waals surface area contributed by atoms with Crippen LogP contribution in [0.3, 0.4) is 0 Å². The van der Waals surface area contributed by atoms with Gasteiger partial charge in [-0.15, -0.1) is 0 Å². The Morgan fingerprint density at radius 3 is 2.53 bits per heavy atom. The van der Waals surface area contributed by atoms with Gasteiger partial charge in [-0.05, 0) is 24.0 Å². The molecular weight excluding hydrogens is 436 g/mol. The van der Waals surface area contributed by atoms with Crippen LogP contribution >= 0.6 is 0 Å². The molecule has 0 aliphatic heterocycles. The molecule has 0 bridgehead atoms. The number of carbonyl (C=O) groups is 2. The van der Waals surface area contributed by atoms with E-state index in [1.54, 1.807) is 24.4 Å². The van der Waals surface area contributed by atoms with E-state index in [9.17, 15) is 24.9 Å². The average molecular weight is 458 g/mol. The first-order valence-electron chi connectivity index (χ1n) is 10.8. The van der Waals surface area contributed by atoms with Gasteiger partial charge in [0.15, 0.2) is 5.75 Å². The summed E-state index contributed by atoms with van der Waals surface area (Å²) in [4.78, 5) is 31.6. The third-order valence-electron chi connectivity index (χ3n) is 6.07. The minimum Gasteiger partial charge on any atom is -0.504 e. The van der Waals surface area contributed by atoms with Crippen LogP contribution in [0.2, 0.25) is 0 Å². The van der Waals surface area contributed by atoms with Crippen LogP contribution in [0.15, 0.2) is 59.3 Å². The Bertz CT molecular complexity index is 1550. The number of aliphatic hydroxyl groups excluding tert-OH is 1. The molecule has 1 atom stereocenters. The zero-order valence-corrected chi connectivity index (χ0v) is 18.3. The van der Waals surface area contributed by atoms with E-state index in [2.05, 4.69) is 9.97 Å². The van der Waals surface area contributed by atoms with Gasteiger partial charge in [-0.3, -0.25) is 4.79 Å². The summed E-state index contributed by atoms with van der Waals surface area (Å²) < 4.78 is 5.47. The van der Waals surface area contributed by atoms with E-state index >= 15 is 0 Å². The number of fused-ring (bicyclic) bond motifs is 2. The molecule has 5 aromatic rings. The van der Waals surface area contributed by atoms with Gasteiger partial charge >= 0.3 is 5.97 Å². The van der Waals surface area contributed by atoms with Crippen molar-refractivity contribution >= 4 is 33.6 Å². The highest BCUT2D eigenvalue weighted by Gasteiger charge is 2.32. The van der Waals surface area contributed by atoms with Gasteiger partial charge in [0.2, 0.25) is 17.3 Å². The van der Waals surface area contributed by atoms with Crippen LogP contribution in [0.4, 0.5) is 0 Å². The number of hydrogen-bond acceptors (Lipinski definition) is 5. The predicted octanol–water partition coefficient (Wildman–Crippen LogP) is 4.71.